The maximum absolute atomic E-state index is 13.0. The quantitative estimate of drug-likeness (QED) is 0.830. The molecular weight excluding hydrogens is 259 g/mol. The van der Waals surface area contributed by atoms with Gasteiger partial charge in [-0.3, -0.25) is 4.79 Å². The topological polar surface area (TPSA) is 62.2 Å². The lowest BCUT2D eigenvalue weighted by Crippen LogP contribution is -2.57. The van der Waals surface area contributed by atoms with Crippen LogP contribution in [0.3, 0.4) is 0 Å². The first-order valence-corrected chi connectivity index (χ1v) is 5.78. The van der Waals surface area contributed by atoms with Crippen molar-refractivity contribution in [3.05, 3.63) is 28.8 Å². The molecule has 4 nitrogen and oxygen atoms in total. The summed E-state index contributed by atoms with van der Waals surface area (Å²) in [4.78, 5) is 15.5. The molecule has 0 bridgehead atoms. The molecule has 100 valence electrons. The van der Waals surface area contributed by atoms with E-state index in [0.717, 1.165) is 12.3 Å². The number of nitrogens with zero attached hydrogens (tertiary/aromatic N) is 1. The zero-order chi connectivity index (χ0) is 14.1. The van der Waals surface area contributed by atoms with Gasteiger partial charge in [-0.15, -0.1) is 0 Å². The van der Waals surface area contributed by atoms with Crippen LogP contribution in [0.5, 0.6) is 0 Å². The van der Waals surface area contributed by atoms with Gasteiger partial charge < -0.3 is 10.4 Å². The van der Waals surface area contributed by atoms with E-state index in [1.165, 1.54) is 0 Å². The van der Waals surface area contributed by atoms with Crippen LogP contribution in [0.15, 0.2) is 12.3 Å². The van der Waals surface area contributed by atoms with Crippen LogP contribution >= 0.6 is 11.6 Å². The van der Waals surface area contributed by atoms with Gasteiger partial charge >= 0.3 is 0 Å². The predicted octanol–water partition coefficient (Wildman–Crippen LogP) is 2.15. The third-order valence-electron chi connectivity index (χ3n) is 3.01. The van der Waals surface area contributed by atoms with Gasteiger partial charge in [0.05, 0.1) is 22.9 Å². The lowest BCUT2D eigenvalue weighted by Gasteiger charge is -2.38. The Morgan fingerprint density at radius 2 is 2.00 bits per heavy atom. The average molecular weight is 275 g/mol. The number of hydrogen-bond donors (Lipinski definition) is 2. The summed E-state index contributed by atoms with van der Waals surface area (Å²) in [6.07, 6.45) is 0.931. The van der Waals surface area contributed by atoms with E-state index in [2.05, 4.69) is 10.3 Å². The van der Waals surface area contributed by atoms with Crippen molar-refractivity contribution in [2.75, 3.05) is 0 Å². The van der Waals surface area contributed by atoms with Crippen molar-refractivity contribution < 1.29 is 14.3 Å². The second-order valence-corrected chi connectivity index (χ2v) is 5.49. The van der Waals surface area contributed by atoms with Gasteiger partial charge in [0.2, 0.25) is 0 Å². The Morgan fingerprint density at radius 1 is 1.44 bits per heavy atom. The van der Waals surface area contributed by atoms with Gasteiger partial charge in [-0.25, -0.2) is 9.37 Å². The summed E-state index contributed by atoms with van der Waals surface area (Å²) in [6, 6.07) is 1.01. The fourth-order valence-electron chi connectivity index (χ4n) is 1.09. The summed E-state index contributed by atoms with van der Waals surface area (Å²) in [5.41, 5.74) is -2.11. The first-order valence-electron chi connectivity index (χ1n) is 5.40. The Bertz CT molecular complexity index is 470. The lowest BCUT2D eigenvalue weighted by molar-refractivity contribution is -0.00293. The monoisotopic (exact) mass is 274 g/mol. The number of carbonyl (C=O) groups excluding carboxylic acids is 1. The van der Waals surface area contributed by atoms with E-state index in [-0.39, 0.29) is 10.7 Å². The summed E-state index contributed by atoms with van der Waals surface area (Å²) >= 11 is 5.73. The molecule has 0 aliphatic rings. The highest BCUT2D eigenvalue weighted by Crippen LogP contribution is 2.22. The van der Waals surface area contributed by atoms with Crippen molar-refractivity contribution >= 4 is 17.5 Å². The highest BCUT2D eigenvalue weighted by molar-refractivity contribution is 6.32. The van der Waals surface area contributed by atoms with E-state index in [0.29, 0.717) is 0 Å². The van der Waals surface area contributed by atoms with Gasteiger partial charge in [-0.2, -0.15) is 0 Å². The highest BCUT2D eigenvalue weighted by atomic mass is 35.5. The Hall–Kier alpha value is -1.20. The van der Waals surface area contributed by atoms with Gasteiger partial charge in [0.15, 0.2) is 0 Å². The van der Waals surface area contributed by atoms with E-state index in [1.807, 2.05) is 0 Å². The molecular formula is C12H16ClFN2O2. The van der Waals surface area contributed by atoms with Gasteiger partial charge in [0.1, 0.15) is 11.0 Å². The first-order chi connectivity index (χ1) is 8.04. The number of carbonyl (C=O) groups is 1. The summed E-state index contributed by atoms with van der Waals surface area (Å²) in [5.74, 6) is -1.23. The molecule has 0 aromatic carbocycles. The van der Waals surface area contributed by atoms with Crippen LogP contribution in [-0.4, -0.2) is 27.1 Å². The van der Waals surface area contributed by atoms with Crippen LogP contribution in [0.2, 0.25) is 5.15 Å². The minimum atomic E-state index is -1.14. The van der Waals surface area contributed by atoms with Crippen LogP contribution in [0.4, 0.5) is 4.39 Å². The minimum Gasteiger partial charge on any atom is -0.388 e. The largest absolute Gasteiger partial charge is 0.388 e. The van der Waals surface area contributed by atoms with Gasteiger partial charge in [0.25, 0.3) is 5.91 Å². The second kappa shape index (κ2) is 4.82. The molecule has 1 rings (SSSR count). The van der Waals surface area contributed by atoms with Crippen molar-refractivity contribution in [1.82, 2.24) is 10.3 Å². The van der Waals surface area contributed by atoms with Crippen molar-refractivity contribution in [3.63, 3.8) is 0 Å². The Balaban J connectivity index is 3.00. The maximum atomic E-state index is 13.0. The molecule has 1 aromatic rings. The zero-order valence-corrected chi connectivity index (χ0v) is 11.5. The van der Waals surface area contributed by atoms with Gasteiger partial charge in [-0.05, 0) is 33.8 Å². The molecule has 1 aromatic heterocycles. The molecule has 0 spiro atoms. The number of amides is 1. The summed E-state index contributed by atoms with van der Waals surface area (Å²) < 4.78 is 13.0. The van der Waals surface area contributed by atoms with Crippen LogP contribution in [-0.2, 0) is 0 Å². The number of pyridine rings is 1. The Labute approximate surface area is 110 Å². The third-order valence-corrected chi connectivity index (χ3v) is 3.31. The average Bonchev–Trinajstić information content (AvgIpc) is 2.19. The molecule has 0 saturated carbocycles. The van der Waals surface area contributed by atoms with Crippen molar-refractivity contribution in [2.45, 2.75) is 38.8 Å². The number of halogens is 2. The predicted molar refractivity (Wildman–Crippen MR) is 67.0 cm³/mol. The minimum absolute atomic E-state index is 0.0611. The van der Waals surface area contributed by atoms with E-state index < -0.39 is 22.9 Å². The standard InChI is InChI=1S/C12H16ClFN2O2/c1-11(2,12(3,4)18)16-10(17)8-5-7(14)6-15-9(8)13/h5-6,18H,1-4H3,(H,16,17). The van der Waals surface area contributed by atoms with E-state index >= 15 is 0 Å². The van der Waals surface area contributed by atoms with Crippen LogP contribution in [0.1, 0.15) is 38.1 Å². The lowest BCUT2D eigenvalue weighted by atomic mass is 9.86. The smallest absolute Gasteiger partial charge is 0.255 e. The number of aromatic nitrogens is 1. The Kier molecular flexibility index (Phi) is 3.98. The van der Waals surface area contributed by atoms with E-state index in [9.17, 15) is 14.3 Å². The summed E-state index contributed by atoms with van der Waals surface area (Å²) in [7, 11) is 0. The van der Waals surface area contributed by atoms with Gasteiger partial charge in [0, 0.05) is 0 Å². The zero-order valence-electron chi connectivity index (χ0n) is 10.7. The van der Waals surface area contributed by atoms with Crippen LogP contribution in [0.25, 0.3) is 0 Å². The fourth-order valence-corrected chi connectivity index (χ4v) is 1.28. The molecule has 0 saturated heterocycles. The molecule has 1 amide bonds. The maximum Gasteiger partial charge on any atom is 0.255 e. The van der Waals surface area contributed by atoms with E-state index in [1.54, 1.807) is 27.7 Å². The number of aliphatic hydroxyl groups is 1. The molecule has 0 unspecified atom stereocenters. The molecule has 2 N–H and O–H groups in total. The van der Waals surface area contributed by atoms with Crippen molar-refractivity contribution in [3.8, 4) is 0 Å². The molecule has 6 heteroatoms. The summed E-state index contributed by atoms with van der Waals surface area (Å²) in [6.45, 7) is 6.45. The van der Waals surface area contributed by atoms with E-state index in [4.69, 9.17) is 11.6 Å². The van der Waals surface area contributed by atoms with Crippen molar-refractivity contribution in [2.24, 2.45) is 0 Å². The number of rotatable bonds is 3. The van der Waals surface area contributed by atoms with Crippen molar-refractivity contribution in [1.29, 1.82) is 0 Å². The SMILES string of the molecule is CC(C)(O)C(C)(C)NC(=O)c1cc(F)cnc1Cl. The number of nitrogens with one attached hydrogen (secondary N) is 1. The molecule has 0 radical (unpaired) electrons. The summed E-state index contributed by atoms with van der Waals surface area (Å²) in [5, 5.41) is 12.4. The normalized spacial score (nSPS) is 12.4. The molecule has 0 atom stereocenters. The third kappa shape index (κ3) is 3.17. The fraction of sp³-hybridized carbons (Fsp3) is 0.500. The molecule has 18 heavy (non-hydrogen) atoms. The molecule has 0 aliphatic heterocycles. The Morgan fingerprint density at radius 3 is 2.50 bits per heavy atom. The van der Waals surface area contributed by atoms with Crippen LogP contribution < -0.4 is 5.32 Å². The molecule has 0 aliphatic carbocycles. The second-order valence-electron chi connectivity index (χ2n) is 5.13. The van der Waals surface area contributed by atoms with Gasteiger partial charge in [-0.1, -0.05) is 11.6 Å². The van der Waals surface area contributed by atoms with Crippen LogP contribution in [0, 0.1) is 5.82 Å². The molecule has 1 heterocycles. The number of hydrogen-bond acceptors (Lipinski definition) is 3. The molecule has 0 fully saturated rings. The first kappa shape index (κ1) is 14.9. The highest BCUT2D eigenvalue weighted by Gasteiger charge is 2.36.